The van der Waals surface area contributed by atoms with Gasteiger partial charge < -0.3 is 15.3 Å². The van der Waals surface area contributed by atoms with Crippen molar-refractivity contribution in [2.24, 2.45) is 0 Å². The van der Waals surface area contributed by atoms with Gasteiger partial charge in [0.25, 0.3) is 0 Å². The van der Waals surface area contributed by atoms with Crippen LogP contribution in [0.1, 0.15) is 6.42 Å². The third-order valence-corrected chi connectivity index (χ3v) is 2.90. The molecule has 5 nitrogen and oxygen atoms in total. The summed E-state index contributed by atoms with van der Waals surface area (Å²) in [4.78, 5) is 17.8. The van der Waals surface area contributed by atoms with Crippen molar-refractivity contribution in [3.05, 3.63) is 18.3 Å². The molecule has 1 saturated heterocycles. The first-order valence-corrected chi connectivity index (χ1v) is 4.96. The van der Waals surface area contributed by atoms with Crippen molar-refractivity contribution < 1.29 is 9.90 Å². The number of pyridine rings is 1. The smallest absolute Gasteiger partial charge is 0.247 e. The molecule has 15 heavy (non-hydrogen) atoms. The molecular weight excluding hydrogens is 194 g/mol. The van der Waals surface area contributed by atoms with Crippen LogP contribution in [0.3, 0.4) is 0 Å². The molecule has 2 atom stereocenters. The van der Waals surface area contributed by atoms with Crippen molar-refractivity contribution in [2.45, 2.75) is 18.6 Å². The molecule has 5 heteroatoms. The van der Waals surface area contributed by atoms with Gasteiger partial charge in [0.1, 0.15) is 6.04 Å². The van der Waals surface area contributed by atoms with Crippen LogP contribution in [0.15, 0.2) is 18.3 Å². The first kappa shape index (κ1) is 8.67. The fraction of sp³-hybridized carbons (Fsp3) is 0.400. The van der Waals surface area contributed by atoms with Crippen molar-refractivity contribution in [3.63, 3.8) is 0 Å². The second-order valence-corrected chi connectivity index (χ2v) is 3.92. The van der Waals surface area contributed by atoms with Crippen molar-refractivity contribution in [3.8, 4) is 0 Å². The van der Waals surface area contributed by atoms with Gasteiger partial charge in [-0.25, -0.2) is 4.98 Å². The van der Waals surface area contributed by atoms with Crippen LogP contribution in [-0.4, -0.2) is 34.7 Å². The van der Waals surface area contributed by atoms with Crippen molar-refractivity contribution in [1.82, 2.24) is 4.98 Å². The lowest BCUT2D eigenvalue weighted by atomic mass is 10.1. The summed E-state index contributed by atoms with van der Waals surface area (Å²) < 4.78 is 0. The van der Waals surface area contributed by atoms with E-state index in [1.54, 1.807) is 12.3 Å². The molecule has 2 N–H and O–H groups in total. The minimum atomic E-state index is -0.436. The van der Waals surface area contributed by atoms with E-state index < -0.39 is 6.10 Å². The van der Waals surface area contributed by atoms with Crippen LogP contribution in [0.5, 0.6) is 0 Å². The van der Waals surface area contributed by atoms with Crippen LogP contribution in [0.2, 0.25) is 0 Å². The summed E-state index contributed by atoms with van der Waals surface area (Å²) in [6.07, 6.45) is 1.74. The van der Waals surface area contributed by atoms with Crippen LogP contribution in [-0.2, 0) is 4.79 Å². The van der Waals surface area contributed by atoms with Gasteiger partial charge in [-0.1, -0.05) is 0 Å². The molecule has 0 aromatic carbocycles. The Bertz CT molecular complexity index is 421. The Kier molecular flexibility index (Phi) is 1.70. The fourth-order valence-electron chi connectivity index (χ4n) is 2.24. The number of aliphatic hydroxyl groups is 1. The maximum atomic E-state index is 11.7. The van der Waals surface area contributed by atoms with Crippen LogP contribution >= 0.6 is 0 Å². The number of amides is 1. The maximum absolute atomic E-state index is 11.7. The molecule has 0 radical (unpaired) electrons. The van der Waals surface area contributed by atoms with E-state index in [0.29, 0.717) is 13.0 Å². The lowest BCUT2D eigenvalue weighted by molar-refractivity contribution is -0.117. The number of aromatic nitrogens is 1. The van der Waals surface area contributed by atoms with E-state index in [0.717, 1.165) is 11.5 Å². The number of nitrogens with one attached hydrogen (secondary N) is 1. The minimum absolute atomic E-state index is 0.0490. The minimum Gasteiger partial charge on any atom is -0.391 e. The molecule has 78 valence electrons. The Morgan fingerprint density at radius 1 is 1.60 bits per heavy atom. The number of hydrogen-bond donors (Lipinski definition) is 2. The number of carbonyl (C=O) groups excluding carboxylic acids is 1. The Balaban J connectivity index is 2.08. The van der Waals surface area contributed by atoms with Crippen molar-refractivity contribution in [1.29, 1.82) is 0 Å². The fourth-order valence-corrected chi connectivity index (χ4v) is 2.24. The lowest BCUT2D eigenvalue weighted by Crippen LogP contribution is -2.44. The van der Waals surface area contributed by atoms with Crippen LogP contribution in [0.25, 0.3) is 0 Å². The van der Waals surface area contributed by atoms with E-state index in [1.165, 1.54) is 0 Å². The molecular formula is C10H11N3O2. The van der Waals surface area contributed by atoms with Gasteiger partial charge in [-0.2, -0.15) is 0 Å². The maximum Gasteiger partial charge on any atom is 0.247 e. The van der Waals surface area contributed by atoms with E-state index in [-0.39, 0.29) is 11.9 Å². The van der Waals surface area contributed by atoms with Crippen molar-refractivity contribution >= 4 is 17.4 Å². The van der Waals surface area contributed by atoms with Gasteiger partial charge in [-0.3, -0.25) is 4.79 Å². The molecule has 1 aromatic rings. The molecule has 3 rings (SSSR count). The quantitative estimate of drug-likeness (QED) is 0.624. The largest absolute Gasteiger partial charge is 0.391 e. The molecule has 1 unspecified atom stereocenters. The lowest BCUT2D eigenvalue weighted by Gasteiger charge is -2.31. The second-order valence-electron chi connectivity index (χ2n) is 3.92. The Morgan fingerprint density at radius 3 is 3.33 bits per heavy atom. The van der Waals surface area contributed by atoms with Gasteiger partial charge in [0.15, 0.2) is 5.82 Å². The normalized spacial score (nSPS) is 28.3. The molecule has 2 aliphatic heterocycles. The number of fused-ring (bicyclic) bond motifs is 3. The average molecular weight is 205 g/mol. The summed E-state index contributed by atoms with van der Waals surface area (Å²) in [5, 5.41) is 12.4. The summed E-state index contributed by atoms with van der Waals surface area (Å²) >= 11 is 0. The Hall–Kier alpha value is -1.62. The highest BCUT2D eigenvalue weighted by Crippen LogP contribution is 2.34. The van der Waals surface area contributed by atoms with E-state index in [1.807, 2.05) is 11.0 Å². The van der Waals surface area contributed by atoms with Crippen molar-refractivity contribution in [2.75, 3.05) is 16.8 Å². The number of anilines is 2. The molecule has 0 saturated carbocycles. The third kappa shape index (κ3) is 1.20. The van der Waals surface area contributed by atoms with Gasteiger partial charge in [-0.05, 0) is 12.1 Å². The molecule has 0 aliphatic carbocycles. The number of aliphatic hydroxyl groups excluding tert-OH is 1. The van der Waals surface area contributed by atoms with E-state index >= 15 is 0 Å². The molecule has 1 fully saturated rings. The first-order chi connectivity index (χ1) is 7.25. The summed E-state index contributed by atoms with van der Waals surface area (Å²) in [6, 6.07) is 3.34. The number of carbonyl (C=O) groups is 1. The van der Waals surface area contributed by atoms with Gasteiger partial charge >= 0.3 is 0 Å². The van der Waals surface area contributed by atoms with Gasteiger partial charge in [0.05, 0.1) is 11.8 Å². The van der Waals surface area contributed by atoms with Gasteiger partial charge in [0, 0.05) is 19.2 Å². The zero-order valence-corrected chi connectivity index (χ0v) is 8.05. The predicted octanol–water partition coefficient (Wildman–Crippen LogP) is -0.0267. The Morgan fingerprint density at radius 2 is 2.47 bits per heavy atom. The summed E-state index contributed by atoms with van der Waals surface area (Å²) in [6.45, 7) is 0.488. The highest BCUT2D eigenvalue weighted by molar-refractivity contribution is 6.03. The van der Waals surface area contributed by atoms with Gasteiger partial charge in [-0.15, -0.1) is 0 Å². The second kappa shape index (κ2) is 2.93. The van der Waals surface area contributed by atoms with Crippen LogP contribution in [0.4, 0.5) is 11.5 Å². The zero-order valence-electron chi connectivity index (χ0n) is 8.05. The third-order valence-electron chi connectivity index (χ3n) is 2.90. The number of rotatable bonds is 0. The highest BCUT2D eigenvalue weighted by atomic mass is 16.3. The zero-order chi connectivity index (χ0) is 10.4. The number of nitrogens with zero attached hydrogens (tertiary/aromatic N) is 2. The summed E-state index contributed by atoms with van der Waals surface area (Å²) in [5.74, 6) is 0.714. The SMILES string of the molecule is O=C1Nc2cccnc2N2C[C@@H](O)CC12. The summed E-state index contributed by atoms with van der Waals surface area (Å²) in [5.41, 5.74) is 0.729. The predicted molar refractivity (Wildman–Crippen MR) is 54.6 cm³/mol. The molecule has 1 aromatic heterocycles. The van der Waals surface area contributed by atoms with E-state index in [2.05, 4.69) is 10.3 Å². The summed E-state index contributed by atoms with van der Waals surface area (Å²) in [7, 11) is 0. The molecule has 1 amide bonds. The molecule has 3 heterocycles. The number of hydrogen-bond acceptors (Lipinski definition) is 4. The van der Waals surface area contributed by atoms with E-state index in [9.17, 15) is 9.90 Å². The van der Waals surface area contributed by atoms with E-state index in [4.69, 9.17) is 0 Å². The van der Waals surface area contributed by atoms with Crippen LogP contribution in [0, 0.1) is 0 Å². The molecule has 0 bridgehead atoms. The standard InChI is InChI=1S/C10H11N3O2/c14-6-4-8-10(15)12-7-2-1-3-11-9(7)13(8)5-6/h1-3,6,8,14H,4-5H2,(H,12,15)/t6-,8?/m0/s1. The van der Waals surface area contributed by atoms with Crippen LogP contribution < -0.4 is 10.2 Å². The topological polar surface area (TPSA) is 65.5 Å². The first-order valence-electron chi connectivity index (χ1n) is 4.96. The van der Waals surface area contributed by atoms with Gasteiger partial charge in [0.2, 0.25) is 5.91 Å². The highest BCUT2D eigenvalue weighted by Gasteiger charge is 2.40. The Labute approximate surface area is 86.7 Å². The molecule has 2 aliphatic rings. The average Bonchev–Trinajstić information content (AvgIpc) is 2.61. The monoisotopic (exact) mass is 205 g/mol. The molecule has 0 spiro atoms.